The molecule has 8 nitrogen and oxygen atoms in total. The first-order valence-electron chi connectivity index (χ1n) is 10.0. The molecule has 0 spiro atoms. The number of amides is 1. The highest BCUT2D eigenvalue weighted by Crippen LogP contribution is 2.29. The number of aromatic nitrogens is 2. The van der Waals surface area contributed by atoms with Gasteiger partial charge in [-0.05, 0) is 42.3 Å². The SMILES string of the molecule is COC(=O)c1cccc(Cn2cnc3sc(C(=O)Nc4ccccc4OC)c(C)c3c2=O)c1. The maximum atomic E-state index is 13.2. The number of esters is 1. The van der Waals surface area contributed by atoms with Crippen molar-refractivity contribution in [3.05, 3.63) is 86.8 Å². The second kappa shape index (κ2) is 9.25. The molecule has 2 aromatic heterocycles. The highest BCUT2D eigenvalue weighted by atomic mass is 32.1. The Kier molecular flexibility index (Phi) is 6.23. The first-order chi connectivity index (χ1) is 15.9. The summed E-state index contributed by atoms with van der Waals surface area (Å²) in [6, 6.07) is 14.0. The van der Waals surface area contributed by atoms with E-state index in [1.165, 1.54) is 25.1 Å². The van der Waals surface area contributed by atoms with Crippen LogP contribution in [-0.2, 0) is 11.3 Å². The van der Waals surface area contributed by atoms with Crippen LogP contribution in [0.3, 0.4) is 0 Å². The molecule has 0 bridgehead atoms. The second-order valence-electron chi connectivity index (χ2n) is 7.26. The molecule has 9 heteroatoms. The van der Waals surface area contributed by atoms with Gasteiger partial charge in [-0.15, -0.1) is 11.3 Å². The van der Waals surface area contributed by atoms with Crippen LogP contribution in [0.4, 0.5) is 5.69 Å². The number of carbonyl (C=O) groups is 2. The molecule has 0 fully saturated rings. The van der Waals surface area contributed by atoms with Gasteiger partial charge in [0.1, 0.15) is 10.6 Å². The Balaban J connectivity index is 1.66. The molecule has 2 heterocycles. The molecule has 1 N–H and O–H groups in total. The molecule has 0 aliphatic rings. The van der Waals surface area contributed by atoms with Gasteiger partial charge in [-0.1, -0.05) is 24.3 Å². The van der Waals surface area contributed by atoms with E-state index in [0.717, 1.165) is 16.9 Å². The van der Waals surface area contributed by atoms with Gasteiger partial charge in [-0.25, -0.2) is 9.78 Å². The summed E-state index contributed by atoms with van der Waals surface area (Å²) in [5.41, 5.74) is 2.01. The third-order valence-electron chi connectivity index (χ3n) is 5.18. The molecule has 0 unspecified atom stereocenters. The molecule has 0 saturated carbocycles. The van der Waals surface area contributed by atoms with Crippen molar-refractivity contribution in [2.24, 2.45) is 0 Å². The molecule has 0 aliphatic carbocycles. The average Bonchev–Trinajstić information content (AvgIpc) is 3.18. The third kappa shape index (κ3) is 4.35. The zero-order valence-corrected chi connectivity index (χ0v) is 19.1. The number of aryl methyl sites for hydroxylation is 1. The highest BCUT2D eigenvalue weighted by Gasteiger charge is 2.20. The van der Waals surface area contributed by atoms with Crippen molar-refractivity contribution in [2.75, 3.05) is 19.5 Å². The minimum atomic E-state index is -0.447. The summed E-state index contributed by atoms with van der Waals surface area (Å²) >= 11 is 1.16. The van der Waals surface area contributed by atoms with E-state index < -0.39 is 5.97 Å². The number of para-hydroxylation sites is 2. The number of methoxy groups -OCH3 is 2. The normalized spacial score (nSPS) is 10.8. The summed E-state index contributed by atoms with van der Waals surface area (Å²) in [4.78, 5) is 43.3. The zero-order chi connectivity index (χ0) is 23.5. The molecule has 0 aliphatic heterocycles. The Hall–Kier alpha value is -3.98. The van der Waals surface area contributed by atoms with Crippen molar-refractivity contribution >= 4 is 39.1 Å². The Morgan fingerprint density at radius 2 is 1.91 bits per heavy atom. The van der Waals surface area contributed by atoms with Crippen LogP contribution in [0.2, 0.25) is 0 Å². The number of anilines is 1. The van der Waals surface area contributed by atoms with Gasteiger partial charge in [0, 0.05) is 0 Å². The number of fused-ring (bicyclic) bond motifs is 1. The first-order valence-corrected chi connectivity index (χ1v) is 10.8. The lowest BCUT2D eigenvalue weighted by molar-refractivity contribution is 0.0600. The van der Waals surface area contributed by atoms with Crippen LogP contribution in [0.1, 0.15) is 31.2 Å². The van der Waals surface area contributed by atoms with Gasteiger partial charge in [0.25, 0.3) is 11.5 Å². The molecule has 0 saturated heterocycles. The Bertz CT molecular complexity index is 1420. The number of hydrogen-bond donors (Lipinski definition) is 1. The fourth-order valence-electron chi connectivity index (χ4n) is 3.53. The fourth-order valence-corrected chi connectivity index (χ4v) is 4.56. The minimum Gasteiger partial charge on any atom is -0.495 e. The number of rotatable bonds is 6. The van der Waals surface area contributed by atoms with Crippen LogP contribution >= 0.6 is 11.3 Å². The maximum absolute atomic E-state index is 13.2. The number of nitrogens with one attached hydrogen (secondary N) is 1. The smallest absolute Gasteiger partial charge is 0.337 e. The van der Waals surface area contributed by atoms with E-state index in [9.17, 15) is 14.4 Å². The highest BCUT2D eigenvalue weighted by molar-refractivity contribution is 7.20. The van der Waals surface area contributed by atoms with Crippen LogP contribution < -0.4 is 15.6 Å². The van der Waals surface area contributed by atoms with E-state index in [1.54, 1.807) is 43.3 Å². The first kappa shape index (κ1) is 22.2. The number of thiophene rings is 1. The predicted octanol–water partition coefficient (Wildman–Crippen LogP) is 3.86. The summed E-state index contributed by atoms with van der Waals surface area (Å²) < 4.78 is 11.5. The van der Waals surface area contributed by atoms with Crippen LogP contribution in [0.5, 0.6) is 5.75 Å². The summed E-state index contributed by atoms with van der Waals surface area (Å²) in [6.45, 7) is 1.96. The van der Waals surface area contributed by atoms with Gasteiger partial charge in [0.05, 0.1) is 48.6 Å². The maximum Gasteiger partial charge on any atom is 0.337 e. The second-order valence-corrected chi connectivity index (χ2v) is 8.26. The molecule has 4 rings (SSSR count). The molecule has 0 radical (unpaired) electrons. The molecule has 4 aromatic rings. The third-order valence-corrected chi connectivity index (χ3v) is 6.38. The van der Waals surface area contributed by atoms with Crippen molar-refractivity contribution in [1.29, 1.82) is 0 Å². The van der Waals surface area contributed by atoms with E-state index >= 15 is 0 Å². The number of nitrogens with zero attached hydrogens (tertiary/aromatic N) is 2. The van der Waals surface area contributed by atoms with Crippen molar-refractivity contribution in [2.45, 2.75) is 13.5 Å². The summed E-state index contributed by atoms with van der Waals surface area (Å²) in [5, 5.41) is 3.24. The van der Waals surface area contributed by atoms with Gasteiger partial charge in [0.2, 0.25) is 0 Å². The van der Waals surface area contributed by atoms with Gasteiger partial charge >= 0.3 is 5.97 Å². The Morgan fingerprint density at radius 3 is 2.67 bits per heavy atom. The molecule has 33 heavy (non-hydrogen) atoms. The van der Waals surface area contributed by atoms with E-state index in [4.69, 9.17) is 9.47 Å². The summed E-state index contributed by atoms with van der Waals surface area (Å²) in [6.07, 6.45) is 1.45. The molecule has 1 amide bonds. The van der Waals surface area contributed by atoms with E-state index in [0.29, 0.717) is 37.7 Å². The molecule has 168 valence electrons. The Labute approximate surface area is 193 Å². The topological polar surface area (TPSA) is 99.5 Å². The van der Waals surface area contributed by atoms with E-state index in [2.05, 4.69) is 10.3 Å². The van der Waals surface area contributed by atoms with Crippen molar-refractivity contribution < 1.29 is 19.1 Å². The fraction of sp³-hybridized carbons (Fsp3) is 0.167. The van der Waals surface area contributed by atoms with Gasteiger partial charge < -0.3 is 14.8 Å². The van der Waals surface area contributed by atoms with Crippen LogP contribution in [0.25, 0.3) is 10.2 Å². The van der Waals surface area contributed by atoms with Crippen molar-refractivity contribution in [1.82, 2.24) is 9.55 Å². The lowest BCUT2D eigenvalue weighted by Gasteiger charge is -2.09. The Morgan fingerprint density at radius 1 is 1.12 bits per heavy atom. The van der Waals surface area contributed by atoms with Crippen molar-refractivity contribution in [3.8, 4) is 5.75 Å². The molecular formula is C24H21N3O5S. The standard InChI is InChI=1S/C24H21N3O5S/c1-14-19-22(33-20(14)21(28)26-17-9-4-5-10-18(17)31-2)25-13-27(23(19)29)12-15-7-6-8-16(11-15)24(30)32-3/h4-11,13H,12H2,1-3H3,(H,26,28). The minimum absolute atomic E-state index is 0.227. The average molecular weight is 464 g/mol. The van der Waals surface area contributed by atoms with Crippen LogP contribution in [0.15, 0.2) is 59.7 Å². The monoisotopic (exact) mass is 463 g/mol. The molecule has 0 atom stereocenters. The van der Waals surface area contributed by atoms with Crippen molar-refractivity contribution in [3.63, 3.8) is 0 Å². The lowest BCUT2D eigenvalue weighted by atomic mass is 10.1. The van der Waals surface area contributed by atoms with Gasteiger partial charge in [-0.2, -0.15) is 0 Å². The van der Waals surface area contributed by atoms with E-state index in [1.807, 2.05) is 12.1 Å². The van der Waals surface area contributed by atoms with Gasteiger partial charge in [-0.3, -0.25) is 14.2 Å². The predicted molar refractivity (Wildman–Crippen MR) is 126 cm³/mol. The van der Waals surface area contributed by atoms with Crippen LogP contribution in [-0.4, -0.2) is 35.6 Å². The quantitative estimate of drug-likeness (QED) is 0.436. The zero-order valence-electron chi connectivity index (χ0n) is 18.2. The largest absolute Gasteiger partial charge is 0.495 e. The number of carbonyl (C=O) groups excluding carboxylic acids is 2. The molecule has 2 aromatic carbocycles. The molecular weight excluding hydrogens is 442 g/mol. The summed E-state index contributed by atoms with van der Waals surface area (Å²) in [5.74, 6) is -0.242. The van der Waals surface area contributed by atoms with Crippen LogP contribution in [0, 0.1) is 6.92 Å². The summed E-state index contributed by atoms with van der Waals surface area (Å²) in [7, 11) is 2.85. The van der Waals surface area contributed by atoms with Gasteiger partial charge in [0.15, 0.2) is 0 Å². The lowest BCUT2D eigenvalue weighted by Crippen LogP contribution is -2.21. The number of hydrogen-bond acceptors (Lipinski definition) is 7. The van der Waals surface area contributed by atoms with E-state index in [-0.39, 0.29) is 18.0 Å². The number of ether oxygens (including phenoxy) is 2. The number of benzene rings is 2.